The average Bonchev–Trinajstić information content (AvgIpc) is 2.49. The van der Waals surface area contributed by atoms with Crippen LogP contribution in [-0.2, 0) is 6.42 Å². The maximum Gasteiger partial charge on any atom is 0.156 e. The van der Waals surface area contributed by atoms with E-state index in [0.717, 1.165) is 11.1 Å². The van der Waals surface area contributed by atoms with Crippen LogP contribution in [0.3, 0.4) is 0 Å². The summed E-state index contributed by atoms with van der Waals surface area (Å²) in [4.78, 5) is 0. The zero-order valence-electron chi connectivity index (χ0n) is 12.4. The number of halogens is 2. The van der Waals surface area contributed by atoms with Crippen molar-refractivity contribution < 1.29 is 9.84 Å². The van der Waals surface area contributed by atoms with Crippen LogP contribution in [0.15, 0.2) is 36.4 Å². The number of hydrogen-bond donors (Lipinski definition) is 2. The second-order valence-corrected chi connectivity index (χ2v) is 5.86. The van der Waals surface area contributed by atoms with Crippen LogP contribution >= 0.6 is 23.2 Å². The van der Waals surface area contributed by atoms with Crippen LogP contribution in [0.1, 0.15) is 24.0 Å². The Morgan fingerprint density at radius 2 is 1.73 bits per heavy atom. The van der Waals surface area contributed by atoms with Crippen LogP contribution in [0.5, 0.6) is 11.5 Å². The summed E-state index contributed by atoms with van der Waals surface area (Å²) in [5.41, 5.74) is 7.96. The van der Waals surface area contributed by atoms with Gasteiger partial charge in [-0.05, 0) is 55.3 Å². The number of nitrogens with two attached hydrogens (primary N) is 1. The molecular formula is C17H19Cl2NO2. The first-order valence-corrected chi connectivity index (χ1v) is 7.90. The minimum absolute atomic E-state index is 0.130. The van der Waals surface area contributed by atoms with Gasteiger partial charge in [-0.15, -0.1) is 0 Å². The van der Waals surface area contributed by atoms with Crippen molar-refractivity contribution in [1.82, 2.24) is 0 Å². The van der Waals surface area contributed by atoms with Gasteiger partial charge in [0.15, 0.2) is 5.75 Å². The van der Waals surface area contributed by atoms with Crippen LogP contribution in [0, 0.1) is 0 Å². The van der Waals surface area contributed by atoms with Crippen molar-refractivity contribution in [2.45, 2.75) is 19.3 Å². The molecule has 1 unspecified atom stereocenters. The average molecular weight is 340 g/mol. The molecule has 2 aromatic rings. The van der Waals surface area contributed by atoms with Gasteiger partial charge in [-0.25, -0.2) is 0 Å². The van der Waals surface area contributed by atoms with Gasteiger partial charge in [0.25, 0.3) is 0 Å². The van der Waals surface area contributed by atoms with Gasteiger partial charge in [-0.2, -0.15) is 0 Å². The molecule has 3 N–H and O–H groups in total. The maximum atomic E-state index is 9.37. The van der Waals surface area contributed by atoms with E-state index in [1.807, 2.05) is 31.2 Å². The number of rotatable bonds is 6. The van der Waals surface area contributed by atoms with Crippen LogP contribution < -0.4 is 10.5 Å². The molecule has 0 bridgehead atoms. The molecule has 2 aromatic carbocycles. The van der Waals surface area contributed by atoms with E-state index in [2.05, 4.69) is 0 Å². The lowest BCUT2D eigenvalue weighted by molar-refractivity contribution is 0.340. The fourth-order valence-electron chi connectivity index (χ4n) is 2.38. The molecule has 0 radical (unpaired) electrons. The molecule has 0 aliphatic carbocycles. The number of benzene rings is 2. The van der Waals surface area contributed by atoms with E-state index in [4.69, 9.17) is 33.7 Å². The van der Waals surface area contributed by atoms with E-state index in [0.29, 0.717) is 35.4 Å². The summed E-state index contributed by atoms with van der Waals surface area (Å²) in [5.74, 6) is 0.890. The van der Waals surface area contributed by atoms with Gasteiger partial charge in [0.05, 0.1) is 16.7 Å². The lowest BCUT2D eigenvalue weighted by atomic mass is 9.92. The summed E-state index contributed by atoms with van der Waals surface area (Å²) < 4.78 is 5.44. The van der Waals surface area contributed by atoms with Crippen molar-refractivity contribution in [3.63, 3.8) is 0 Å². The van der Waals surface area contributed by atoms with Crippen molar-refractivity contribution in [2.24, 2.45) is 5.73 Å². The molecule has 0 saturated heterocycles. The highest BCUT2D eigenvalue weighted by molar-refractivity contribution is 6.37. The van der Waals surface area contributed by atoms with Crippen molar-refractivity contribution in [1.29, 1.82) is 0 Å². The van der Waals surface area contributed by atoms with Gasteiger partial charge in [-0.3, -0.25) is 0 Å². The second kappa shape index (κ2) is 7.73. The van der Waals surface area contributed by atoms with E-state index in [1.165, 1.54) is 0 Å². The van der Waals surface area contributed by atoms with Gasteiger partial charge >= 0.3 is 0 Å². The summed E-state index contributed by atoms with van der Waals surface area (Å²) in [7, 11) is 0. The van der Waals surface area contributed by atoms with Gasteiger partial charge in [0, 0.05) is 5.92 Å². The number of phenolic OH excluding ortho intramolecular Hbond substituents is 1. The first kappa shape index (κ1) is 16.9. The highest BCUT2D eigenvalue weighted by Gasteiger charge is 2.14. The van der Waals surface area contributed by atoms with Crippen molar-refractivity contribution in [3.05, 3.63) is 57.6 Å². The summed E-state index contributed by atoms with van der Waals surface area (Å²) in [6.45, 7) is 2.89. The third kappa shape index (κ3) is 4.07. The minimum atomic E-state index is 0.130. The molecule has 0 saturated carbocycles. The van der Waals surface area contributed by atoms with Crippen molar-refractivity contribution in [2.75, 3.05) is 13.2 Å². The smallest absolute Gasteiger partial charge is 0.156 e. The molecule has 5 heteroatoms. The number of ether oxygens (including phenoxy) is 1. The molecule has 0 aliphatic heterocycles. The van der Waals surface area contributed by atoms with Crippen LogP contribution in [0.4, 0.5) is 0 Å². The first-order chi connectivity index (χ1) is 10.5. The summed E-state index contributed by atoms with van der Waals surface area (Å²) in [6.07, 6.45) is 0.715. The number of aromatic hydroxyl groups is 1. The second-order valence-electron chi connectivity index (χ2n) is 5.05. The predicted molar refractivity (Wildman–Crippen MR) is 91.2 cm³/mol. The highest BCUT2D eigenvalue weighted by atomic mass is 35.5. The Balaban J connectivity index is 2.22. The topological polar surface area (TPSA) is 55.5 Å². The van der Waals surface area contributed by atoms with Gasteiger partial charge in [0.1, 0.15) is 5.75 Å². The molecule has 0 spiro atoms. The first-order valence-electron chi connectivity index (χ1n) is 7.14. The molecule has 0 aromatic heterocycles. The lowest BCUT2D eigenvalue weighted by Crippen LogP contribution is -2.15. The lowest BCUT2D eigenvalue weighted by Gasteiger charge is -2.17. The molecular weight excluding hydrogens is 321 g/mol. The van der Waals surface area contributed by atoms with Crippen molar-refractivity contribution >= 4 is 23.2 Å². The predicted octanol–water partition coefficient (Wildman–Crippen LogP) is 4.38. The van der Waals surface area contributed by atoms with Gasteiger partial charge in [-0.1, -0.05) is 35.3 Å². The van der Waals surface area contributed by atoms with E-state index in [1.54, 1.807) is 12.1 Å². The van der Waals surface area contributed by atoms with Crippen LogP contribution in [-0.4, -0.2) is 18.3 Å². The molecule has 0 heterocycles. The molecule has 0 amide bonds. The number of hydrogen-bond acceptors (Lipinski definition) is 3. The summed E-state index contributed by atoms with van der Waals surface area (Å²) in [6, 6.07) is 10.8. The van der Waals surface area contributed by atoms with E-state index in [9.17, 15) is 5.11 Å². The quantitative estimate of drug-likeness (QED) is 0.820. The molecule has 3 nitrogen and oxygen atoms in total. The summed E-state index contributed by atoms with van der Waals surface area (Å²) in [5, 5.41) is 10.4. The Hall–Kier alpha value is -1.42. The Bertz CT molecular complexity index is 606. The van der Waals surface area contributed by atoms with Crippen LogP contribution in [0.2, 0.25) is 10.0 Å². The Morgan fingerprint density at radius 3 is 2.23 bits per heavy atom. The molecule has 118 valence electrons. The summed E-state index contributed by atoms with van der Waals surface area (Å²) >= 11 is 12.5. The van der Waals surface area contributed by atoms with E-state index >= 15 is 0 Å². The normalized spacial score (nSPS) is 12.2. The monoisotopic (exact) mass is 339 g/mol. The Labute approximate surface area is 140 Å². The zero-order valence-corrected chi connectivity index (χ0v) is 13.9. The minimum Gasteiger partial charge on any atom is -0.508 e. The fourth-order valence-corrected chi connectivity index (χ4v) is 3.02. The van der Waals surface area contributed by atoms with Crippen LogP contribution in [0.25, 0.3) is 0 Å². The standard InChI is InChI=1S/C17H19Cl2NO2/c1-2-22-17-15(18)8-11(9-16(17)19)7-13(10-20)12-3-5-14(21)6-4-12/h3-6,8-9,13,21H,2,7,10,20H2,1H3. The van der Waals surface area contributed by atoms with Gasteiger partial charge < -0.3 is 15.6 Å². The fraction of sp³-hybridized carbons (Fsp3) is 0.294. The molecule has 22 heavy (non-hydrogen) atoms. The maximum absolute atomic E-state index is 9.37. The number of phenols is 1. The largest absolute Gasteiger partial charge is 0.508 e. The van der Waals surface area contributed by atoms with E-state index in [-0.39, 0.29) is 11.7 Å². The Morgan fingerprint density at radius 1 is 1.14 bits per heavy atom. The van der Waals surface area contributed by atoms with Gasteiger partial charge in [0.2, 0.25) is 0 Å². The third-order valence-corrected chi connectivity index (χ3v) is 4.04. The molecule has 2 rings (SSSR count). The molecule has 1 atom stereocenters. The zero-order chi connectivity index (χ0) is 16.1. The highest BCUT2D eigenvalue weighted by Crippen LogP contribution is 2.35. The van der Waals surface area contributed by atoms with E-state index < -0.39 is 0 Å². The van der Waals surface area contributed by atoms with Crippen molar-refractivity contribution in [3.8, 4) is 11.5 Å². The molecule has 0 fully saturated rings. The Kier molecular flexibility index (Phi) is 5.95. The third-order valence-electron chi connectivity index (χ3n) is 3.48. The molecule has 0 aliphatic rings. The SMILES string of the molecule is CCOc1c(Cl)cc(CC(CN)c2ccc(O)cc2)cc1Cl.